The standard InChI is InChI=1S/C25H29N9O2/c1-15(34-8-10-36-11-9-34)16-4-6-17(7-5-16)30-25-22(23(26)35)31-21(24(27-2)32-25)18-12-28-13-19-20(18)29-14-33(19)3/h4-7,12-15H,8-11H2,1-3H3,(H2,26,35)(H2,27,30,32)/t15-/m1/s1. The average molecular weight is 488 g/mol. The second-order valence-corrected chi connectivity index (χ2v) is 8.71. The number of fused-ring (bicyclic) bond motifs is 1. The van der Waals surface area contributed by atoms with Crippen molar-refractivity contribution < 1.29 is 9.53 Å². The molecule has 1 atom stereocenters. The number of nitrogens with one attached hydrogen (secondary N) is 2. The molecule has 36 heavy (non-hydrogen) atoms. The molecule has 0 unspecified atom stereocenters. The van der Waals surface area contributed by atoms with Crippen molar-refractivity contribution in [2.24, 2.45) is 12.8 Å². The highest BCUT2D eigenvalue weighted by molar-refractivity contribution is 5.99. The zero-order valence-corrected chi connectivity index (χ0v) is 20.5. The van der Waals surface area contributed by atoms with E-state index in [1.54, 1.807) is 25.8 Å². The molecule has 11 nitrogen and oxygen atoms in total. The molecule has 0 bridgehead atoms. The number of carbonyl (C=O) groups excluding carboxylic acids is 1. The number of primary amides is 1. The van der Waals surface area contributed by atoms with Gasteiger partial charge in [-0.1, -0.05) is 12.1 Å². The van der Waals surface area contributed by atoms with Crippen LogP contribution in [-0.4, -0.2) is 68.7 Å². The summed E-state index contributed by atoms with van der Waals surface area (Å²) < 4.78 is 7.33. The van der Waals surface area contributed by atoms with Gasteiger partial charge in [-0.2, -0.15) is 0 Å². The number of pyridine rings is 1. The van der Waals surface area contributed by atoms with E-state index in [0.29, 0.717) is 22.6 Å². The van der Waals surface area contributed by atoms with Gasteiger partial charge in [0, 0.05) is 45.1 Å². The van der Waals surface area contributed by atoms with Crippen molar-refractivity contribution in [1.82, 2.24) is 29.4 Å². The van der Waals surface area contributed by atoms with Crippen LogP contribution in [0.4, 0.5) is 17.3 Å². The van der Waals surface area contributed by atoms with Gasteiger partial charge in [0.15, 0.2) is 17.3 Å². The number of imidazole rings is 1. The van der Waals surface area contributed by atoms with E-state index >= 15 is 0 Å². The Bertz CT molecular complexity index is 1390. The third-order valence-corrected chi connectivity index (χ3v) is 6.51. The maximum atomic E-state index is 12.4. The molecule has 1 aliphatic rings. The van der Waals surface area contributed by atoms with Crippen LogP contribution in [0.25, 0.3) is 22.3 Å². The van der Waals surface area contributed by atoms with Gasteiger partial charge in [-0.25, -0.2) is 15.0 Å². The van der Waals surface area contributed by atoms with Gasteiger partial charge in [0.2, 0.25) is 0 Å². The summed E-state index contributed by atoms with van der Waals surface area (Å²) in [5.41, 5.74) is 10.4. The van der Waals surface area contributed by atoms with E-state index in [9.17, 15) is 4.79 Å². The summed E-state index contributed by atoms with van der Waals surface area (Å²) >= 11 is 0. The summed E-state index contributed by atoms with van der Waals surface area (Å²) in [6.07, 6.45) is 5.09. The van der Waals surface area contributed by atoms with E-state index in [1.165, 1.54) is 5.56 Å². The van der Waals surface area contributed by atoms with E-state index < -0.39 is 5.91 Å². The lowest BCUT2D eigenvalue weighted by molar-refractivity contribution is 0.0198. The number of hydrogen-bond acceptors (Lipinski definition) is 9. The normalized spacial score (nSPS) is 15.1. The van der Waals surface area contributed by atoms with Crippen molar-refractivity contribution in [2.75, 3.05) is 44.0 Å². The van der Waals surface area contributed by atoms with Crippen LogP contribution in [0.2, 0.25) is 0 Å². The molecule has 0 radical (unpaired) electrons. The van der Waals surface area contributed by atoms with Gasteiger partial charge in [-0.3, -0.25) is 14.7 Å². The van der Waals surface area contributed by atoms with Gasteiger partial charge in [-0.15, -0.1) is 0 Å². The van der Waals surface area contributed by atoms with Crippen LogP contribution in [0.15, 0.2) is 43.0 Å². The molecule has 1 saturated heterocycles. The first-order valence-electron chi connectivity index (χ1n) is 11.8. The minimum absolute atomic E-state index is 0.0303. The Kier molecular flexibility index (Phi) is 6.49. The van der Waals surface area contributed by atoms with E-state index in [-0.39, 0.29) is 17.6 Å². The fourth-order valence-corrected chi connectivity index (χ4v) is 4.43. The summed E-state index contributed by atoms with van der Waals surface area (Å²) in [5.74, 6) is 0.0540. The smallest absolute Gasteiger partial charge is 0.271 e. The van der Waals surface area contributed by atoms with E-state index in [0.717, 1.165) is 37.5 Å². The van der Waals surface area contributed by atoms with Crippen LogP contribution in [0.3, 0.4) is 0 Å². The molecule has 11 heteroatoms. The molecule has 1 aromatic carbocycles. The Hall–Kier alpha value is -4.09. The largest absolute Gasteiger partial charge is 0.379 e. The van der Waals surface area contributed by atoms with Crippen LogP contribution < -0.4 is 16.4 Å². The molecule has 0 aliphatic carbocycles. The van der Waals surface area contributed by atoms with Crippen molar-refractivity contribution in [3.8, 4) is 11.3 Å². The van der Waals surface area contributed by atoms with Crippen LogP contribution in [-0.2, 0) is 11.8 Å². The molecule has 5 rings (SSSR count). The molecule has 1 amide bonds. The molecule has 4 aromatic rings. The molecule has 4 heterocycles. The fourth-order valence-electron chi connectivity index (χ4n) is 4.43. The molecule has 3 aromatic heterocycles. The predicted octanol–water partition coefficient (Wildman–Crippen LogP) is 2.70. The van der Waals surface area contributed by atoms with Crippen molar-refractivity contribution >= 4 is 34.3 Å². The molecule has 186 valence electrons. The Labute approximate surface area is 208 Å². The molecule has 1 aliphatic heterocycles. The van der Waals surface area contributed by atoms with Crippen LogP contribution in [0.1, 0.15) is 29.0 Å². The maximum absolute atomic E-state index is 12.4. The number of amides is 1. The fraction of sp³-hybridized carbons (Fsp3) is 0.320. The molecule has 4 N–H and O–H groups in total. The van der Waals surface area contributed by atoms with Gasteiger partial charge >= 0.3 is 0 Å². The number of aryl methyl sites for hydroxylation is 1. The van der Waals surface area contributed by atoms with Crippen molar-refractivity contribution in [1.29, 1.82) is 0 Å². The second-order valence-electron chi connectivity index (χ2n) is 8.71. The summed E-state index contributed by atoms with van der Waals surface area (Å²) in [5, 5.41) is 6.29. The highest BCUT2D eigenvalue weighted by Crippen LogP contribution is 2.32. The lowest BCUT2D eigenvalue weighted by atomic mass is 10.1. The first-order chi connectivity index (χ1) is 17.5. The molecule has 0 saturated carbocycles. The van der Waals surface area contributed by atoms with Gasteiger partial charge in [0.1, 0.15) is 11.2 Å². The summed E-state index contributed by atoms with van der Waals surface area (Å²) in [6, 6.07) is 8.34. The third kappa shape index (κ3) is 4.45. The SMILES string of the molecule is CNc1nc(Nc2ccc([C@@H](C)N3CCOCC3)cc2)c(C(N)=O)nc1-c1cncc2c1ncn2C. The van der Waals surface area contributed by atoms with E-state index in [1.807, 2.05) is 23.7 Å². The Morgan fingerprint density at radius 3 is 2.56 bits per heavy atom. The Morgan fingerprint density at radius 2 is 1.86 bits per heavy atom. The molecule has 1 fully saturated rings. The van der Waals surface area contributed by atoms with Gasteiger partial charge in [0.05, 0.1) is 36.8 Å². The summed E-state index contributed by atoms with van der Waals surface area (Å²) in [6.45, 7) is 5.54. The number of anilines is 3. The molecular formula is C25H29N9O2. The minimum Gasteiger partial charge on any atom is -0.379 e. The summed E-state index contributed by atoms with van der Waals surface area (Å²) in [4.78, 5) is 32.9. The minimum atomic E-state index is -0.687. The number of rotatable bonds is 7. The van der Waals surface area contributed by atoms with Gasteiger partial charge in [-0.05, 0) is 24.6 Å². The topological polar surface area (TPSA) is 136 Å². The second kappa shape index (κ2) is 9.88. The lowest BCUT2D eigenvalue weighted by Crippen LogP contribution is -2.37. The van der Waals surface area contributed by atoms with Crippen LogP contribution in [0, 0.1) is 0 Å². The first-order valence-corrected chi connectivity index (χ1v) is 11.8. The first kappa shape index (κ1) is 23.6. The highest BCUT2D eigenvalue weighted by Gasteiger charge is 2.22. The van der Waals surface area contributed by atoms with E-state index in [4.69, 9.17) is 10.5 Å². The number of benzene rings is 1. The Balaban J connectivity index is 1.47. The number of carbonyl (C=O) groups is 1. The molecular weight excluding hydrogens is 458 g/mol. The number of hydrogen-bond donors (Lipinski definition) is 3. The van der Waals surface area contributed by atoms with Crippen molar-refractivity contribution in [3.05, 3.63) is 54.2 Å². The Morgan fingerprint density at radius 1 is 1.11 bits per heavy atom. The average Bonchev–Trinajstić information content (AvgIpc) is 3.29. The van der Waals surface area contributed by atoms with Crippen LogP contribution in [0.5, 0.6) is 0 Å². The zero-order chi connectivity index (χ0) is 25.2. The number of nitrogens with two attached hydrogens (primary N) is 1. The molecule has 0 spiro atoms. The van der Waals surface area contributed by atoms with Crippen molar-refractivity contribution in [3.63, 3.8) is 0 Å². The van der Waals surface area contributed by atoms with Crippen molar-refractivity contribution in [2.45, 2.75) is 13.0 Å². The quantitative estimate of drug-likeness (QED) is 0.359. The monoisotopic (exact) mass is 487 g/mol. The third-order valence-electron chi connectivity index (χ3n) is 6.51. The van der Waals surface area contributed by atoms with E-state index in [2.05, 4.69) is 54.5 Å². The van der Waals surface area contributed by atoms with Gasteiger partial charge < -0.3 is 25.7 Å². The zero-order valence-electron chi connectivity index (χ0n) is 20.5. The maximum Gasteiger partial charge on any atom is 0.271 e. The lowest BCUT2D eigenvalue weighted by Gasteiger charge is -2.32. The number of aromatic nitrogens is 5. The number of ether oxygens (including phenoxy) is 1. The number of morpholine rings is 1. The van der Waals surface area contributed by atoms with Crippen LogP contribution >= 0.6 is 0 Å². The number of nitrogens with zero attached hydrogens (tertiary/aromatic N) is 6. The van der Waals surface area contributed by atoms with Gasteiger partial charge in [0.25, 0.3) is 5.91 Å². The highest BCUT2D eigenvalue weighted by atomic mass is 16.5. The predicted molar refractivity (Wildman–Crippen MR) is 138 cm³/mol. The summed E-state index contributed by atoms with van der Waals surface area (Å²) in [7, 11) is 3.63.